The smallest absolute Gasteiger partial charge is 0.407 e. The normalized spacial score (nSPS) is 20.6. The van der Waals surface area contributed by atoms with Crippen molar-refractivity contribution in [3.63, 3.8) is 0 Å². The van der Waals surface area contributed by atoms with Crippen LogP contribution in [0.15, 0.2) is 12.3 Å². The molecule has 6 heteroatoms. The molecule has 1 aromatic heterocycles. The van der Waals surface area contributed by atoms with E-state index in [1.54, 1.807) is 6.20 Å². The molecular formula is C14H24N4O2. The Morgan fingerprint density at radius 3 is 3.05 bits per heavy atom. The van der Waals surface area contributed by atoms with Crippen molar-refractivity contribution in [2.75, 3.05) is 13.1 Å². The maximum absolute atomic E-state index is 11.8. The second-order valence-corrected chi connectivity index (χ2v) is 6.30. The molecule has 0 aliphatic carbocycles. The van der Waals surface area contributed by atoms with Crippen LogP contribution in [0, 0.1) is 0 Å². The molecule has 1 saturated heterocycles. The molecule has 112 valence electrons. The average Bonchev–Trinajstić information content (AvgIpc) is 2.79. The fourth-order valence-electron chi connectivity index (χ4n) is 2.40. The number of H-pyrrole nitrogens is 1. The summed E-state index contributed by atoms with van der Waals surface area (Å²) in [4.78, 5) is 14.1. The van der Waals surface area contributed by atoms with Crippen LogP contribution in [0.5, 0.6) is 0 Å². The Morgan fingerprint density at radius 2 is 2.40 bits per heavy atom. The molecule has 1 aliphatic heterocycles. The second kappa shape index (κ2) is 6.26. The topological polar surface area (TPSA) is 70.2 Å². The number of carbonyl (C=O) groups excluding carboxylic acids is 1. The molecule has 0 aromatic carbocycles. The largest absolute Gasteiger partial charge is 0.444 e. The first kappa shape index (κ1) is 14.8. The number of rotatable bonds is 3. The van der Waals surface area contributed by atoms with Gasteiger partial charge in [0.1, 0.15) is 5.60 Å². The van der Waals surface area contributed by atoms with Crippen molar-refractivity contribution in [3.05, 3.63) is 18.0 Å². The molecule has 2 rings (SSSR count). The Kier molecular flexibility index (Phi) is 4.65. The van der Waals surface area contributed by atoms with Crippen molar-refractivity contribution >= 4 is 6.09 Å². The van der Waals surface area contributed by atoms with Gasteiger partial charge in [0.25, 0.3) is 0 Å². The zero-order valence-corrected chi connectivity index (χ0v) is 12.5. The van der Waals surface area contributed by atoms with Crippen LogP contribution in [0.25, 0.3) is 0 Å². The minimum Gasteiger partial charge on any atom is -0.444 e. The lowest BCUT2D eigenvalue weighted by Crippen LogP contribution is -2.48. The molecule has 0 saturated carbocycles. The van der Waals surface area contributed by atoms with Crippen LogP contribution in [0.3, 0.4) is 0 Å². The van der Waals surface area contributed by atoms with Gasteiger partial charge in [-0.25, -0.2) is 4.79 Å². The van der Waals surface area contributed by atoms with Crippen molar-refractivity contribution < 1.29 is 9.53 Å². The van der Waals surface area contributed by atoms with Gasteiger partial charge in [0.05, 0.1) is 0 Å². The fourth-order valence-corrected chi connectivity index (χ4v) is 2.40. The van der Waals surface area contributed by atoms with Crippen LogP contribution in [-0.4, -0.2) is 45.9 Å². The quantitative estimate of drug-likeness (QED) is 0.887. The van der Waals surface area contributed by atoms with E-state index in [0.29, 0.717) is 0 Å². The number of aromatic nitrogens is 2. The summed E-state index contributed by atoms with van der Waals surface area (Å²) in [5.74, 6) is 0. The first-order valence-electron chi connectivity index (χ1n) is 7.12. The van der Waals surface area contributed by atoms with Gasteiger partial charge in [-0.15, -0.1) is 0 Å². The highest BCUT2D eigenvalue weighted by Crippen LogP contribution is 2.14. The van der Waals surface area contributed by atoms with Gasteiger partial charge in [-0.1, -0.05) is 0 Å². The standard InChI is InChI=1S/C14H24N4O2/c1-14(2,3)20-13(19)16-11-5-4-8-18(9-11)10-12-6-7-15-17-12/h6-7,11H,4-5,8-10H2,1-3H3,(H,15,17)(H,16,19)/t11-/m1/s1. The summed E-state index contributed by atoms with van der Waals surface area (Å²) >= 11 is 0. The van der Waals surface area contributed by atoms with Gasteiger partial charge in [-0.05, 0) is 46.2 Å². The van der Waals surface area contributed by atoms with Gasteiger partial charge in [-0.2, -0.15) is 5.10 Å². The van der Waals surface area contributed by atoms with Crippen LogP contribution >= 0.6 is 0 Å². The lowest BCUT2D eigenvalue weighted by Gasteiger charge is -2.33. The molecule has 0 spiro atoms. The van der Waals surface area contributed by atoms with Crippen molar-refractivity contribution in [2.24, 2.45) is 0 Å². The first-order chi connectivity index (χ1) is 9.42. The molecule has 1 aliphatic rings. The number of nitrogens with one attached hydrogen (secondary N) is 2. The molecule has 1 fully saturated rings. The number of piperidine rings is 1. The summed E-state index contributed by atoms with van der Waals surface area (Å²) in [7, 11) is 0. The predicted molar refractivity (Wildman–Crippen MR) is 76.3 cm³/mol. The Labute approximate surface area is 119 Å². The molecule has 0 radical (unpaired) electrons. The Balaban J connectivity index is 1.80. The van der Waals surface area contributed by atoms with E-state index in [-0.39, 0.29) is 12.1 Å². The summed E-state index contributed by atoms with van der Waals surface area (Å²) < 4.78 is 5.30. The van der Waals surface area contributed by atoms with E-state index in [1.165, 1.54) is 0 Å². The zero-order valence-electron chi connectivity index (χ0n) is 12.5. The molecule has 1 aromatic rings. The minimum atomic E-state index is -0.450. The van der Waals surface area contributed by atoms with Gasteiger partial charge in [0, 0.05) is 31.0 Å². The number of alkyl carbamates (subject to hydrolysis) is 1. The van der Waals surface area contributed by atoms with Gasteiger partial charge in [0.2, 0.25) is 0 Å². The summed E-state index contributed by atoms with van der Waals surface area (Å²) in [6.45, 7) is 8.35. The molecule has 6 nitrogen and oxygen atoms in total. The van der Waals surface area contributed by atoms with Crippen LogP contribution in [0.1, 0.15) is 39.3 Å². The van der Waals surface area contributed by atoms with E-state index in [9.17, 15) is 4.79 Å². The second-order valence-electron chi connectivity index (χ2n) is 6.30. The van der Waals surface area contributed by atoms with E-state index < -0.39 is 5.60 Å². The van der Waals surface area contributed by atoms with Gasteiger partial charge in [0.15, 0.2) is 0 Å². The number of aromatic amines is 1. The highest BCUT2D eigenvalue weighted by atomic mass is 16.6. The summed E-state index contributed by atoms with van der Waals surface area (Å²) in [5, 5.41) is 9.88. The van der Waals surface area contributed by atoms with E-state index in [0.717, 1.165) is 38.2 Å². The van der Waals surface area contributed by atoms with E-state index in [1.807, 2.05) is 26.8 Å². The van der Waals surface area contributed by atoms with Crippen molar-refractivity contribution in [3.8, 4) is 0 Å². The molecule has 1 atom stereocenters. The molecule has 2 N–H and O–H groups in total. The van der Waals surface area contributed by atoms with Crippen LogP contribution < -0.4 is 5.32 Å². The van der Waals surface area contributed by atoms with Gasteiger partial charge < -0.3 is 10.1 Å². The molecule has 0 unspecified atom stereocenters. The summed E-state index contributed by atoms with van der Waals surface area (Å²) in [6.07, 6.45) is 3.51. The van der Waals surface area contributed by atoms with Crippen LogP contribution in [0.4, 0.5) is 4.79 Å². The third-order valence-corrected chi connectivity index (χ3v) is 3.18. The Hall–Kier alpha value is -1.56. The lowest BCUT2D eigenvalue weighted by molar-refractivity contribution is 0.0470. The van der Waals surface area contributed by atoms with Crippen molar-refractivity contribution in [1.82, 2.24) is 20.4 Å². The third-order valence-electron chi connectivity index (χ3n) is 3.18. The predicted octanol–water partition coefficient (Wildman–Crippen LogP) is 1.90. The van der Waals surface area contributed by atoms with Crippen LogP contribution in [0.2, 0.25) is 0 Å². The number of carbonyl (C=O) groups is 1. The number of amides is 1. The number of ether oxygens (including phenoxy) is 1. The van der Waals surface area contributed by atoms with E-state index in [4.69, 9.17) is 4.74 Å². The van der Waals surface area contributed by atoms with Gasteiger partial charge >= 0.3 is 6.09 Å². The van der Waals surface area contributed by atoms with Gasteiger partial charge in [-0.3, -0.25) is 10.00 Å². The maximum atomic E-state index is 11.8. The monoisotopic (exact) mass is 280 g/mol. The zero-order chi connectivity index (χ0) is 14.6. The van der Waals surface area contributed by atoms with Crippen molar-refractivity contribution in [1.29, 1.82) is 0 Å². The molecular weight excluding hydrogens is 256 g/mol. The SMILES string of the molecule is CC(C)(C)OC(=O)N[C@@H]1CCCN(Cc2ccn[nH]2)C1. The maximum Gasteiger partial charge on any atom is 0.407 e. The molecule has 2 heterocycles. The number of hydrogen-bond acceptors (Lipinski definition) is 4. The summed E-state index contributed by atoms with van der Waals surface area (Å²) in [6, 6.07) is 2.13. The average molecular weight is 280 g/mol. The number of hydrogen-bond donors (Lipinski definition) is 2. The lowest BCUT2D eigenvalue weighted by atomic mass is 10.1. The minimum absolute atomic E-state index is 0.154. The Bertz CT molecular complexity index is 425. The van der Waals surface area contributed by atoms with Crippen LogP contribution in [-0.2, 0) is 11.3 Å². The molecule has 20 heavy (non-hydrogen) atoms. The van der Waals surface area contributed by atoms with E-state index >= 15 is 0 Å². The number of likely N-dealkylation sites (tertiary alicyclic amines) is 1. The third kappa shape index (κ3) is 4.85. The molecule has 0 bridgehead atoms. The highest BCUT2D eigenvalue weighted by molar-refractivity contribution is 5.68. The number of nitrogens with zero attached hydrogens (tertiary/aromatic N) is 2. The van der Waals surface area contributed by atoms with E-state index in [2.05, 4.69) is 20.4 Å². The first-order valence-corrected chi connectivity index (χ1v) is 7.12. The fraction of sp³-hybridized carbons (Fsp3) is 0.714. The highest BCUT2D eigenvalue weighted by Gasteiger charge is 2.24. The summed E-state index contributed by atoms with van der Waals surface area (Å²) in [5.41, 5.74) is 0.650. The van der Waals surface area contributed by atoms with Crippen molar-refractivity contribution in [2.45, 2.75) is 51.8 Å². The Morgan fingerprint density at radius 1 is 1.60 bits per heavy atom. The molecule has 1 amide bonds.